The van der Waals surface area contributed by atoms with Crippen LogP contribution in [0.5, 0.6) is 11.5 Å². The van der Waals surface area contributed by atoms with Crippen molar-refractivity contribution in [2.75, 3.05) is 27.3 Å². The molecular weight excluding hydrogens is 454 g/mol. The van der Waals surface area contributed by atoms with Gasteiger partial charge < -0.3 is 19.4 Å². The quantitative estimate of drug-likeness (QED) is 0.528. The third-order valence-electron chi connectivity index (χ3n) is 6.41. The number of rotatable bonds is 8. The van der Waals surface area contributed by atoms with Crippen LogP contribution in [-0.4, -0.2) is 50.5 Å². The Morgan fingerprint density at radius 3 is 2.71 bits per heavy atom. The number of fused-ring (bicyclic) bond motifs is 1. The van der Waals surface area contributed by atoms with Crippen molar-refractivity contribution in [1.82, 2.24) is 14.2 Å². The molecule has 1 amide bonds. The lowest BCUT2D eigenvalue weighted by Crippen LogP contribution is -2.45. The van der Waals surface area contributed by atoms with Crippen LogP contribution in [0.2, 0.25) is 0 Å². The number of ether oxygens (including phenoxy) is 2. The van der Waals surface area contributed by atoms with E-state index in [4.69, 9.17) is 9.47 Å². The number of para-hydroxylation sites is 1. The van der Waals surface area contributed by atoms with Crippen molar-refractivity contribution in [2.45, 2.75) is 37.8 Å². The maximum absolute atomic E-state index is 13.4. The van der Waals surface area contributed by atoms with Gasteiger partial charge in [0.2, 0.25) is 15.9 Å². The molecule has 1 atom stereocenters. The van der Waals surface area contributed by atoms with Crippen LogP contribution in [0.3, 0.4) is 0 Å². The second kappa shape index (κ2) is 10.1. The fourth-order valence-corrected chi connectivity index (χ4v) is 6.12. The molecule has 0 aliphatic carbocycles. The summed E-state index contributed by atoms with van der Waals surface area (Å²) in [6.45, 7) is 3.71. The summed E-state index contributed by atoms with van der Waals surface area (Å²) in [6.07, 6.45) is 3.24. The van der Waals surface area contributed by atoms with E-state index in [1.54, 1.807) is 32.4 Å². The summed E-state index contributed by atoms with van der Waals surface area (Å²) < 4.78 is 41.0. The lowest BCUT2D eigenvalue weighted by atomic mass is 9.98. The number of aromatic nitrogens is 1. The average Bonchev–Trinajstić information content (AvgIpc) is 3.29. The molecule has 0 saturated carbocycles. The van der Waals surface area contributed by atoms with Crippen LogP contribution in [0.15, 0.2) is 53.6 Å². The number of benzene rings is 2. The van der Waals surface area contributed by atoms with Gasteiger partial charge in [-0.3, -0.25) is 4.79 Å². The van der Waals surface area contributed by atoms with Crippen LogP contribution in [0.4, 0.5) is 0 Å². The zero-order valence-electron chi connectivity index (χ0n) is 19.8. The summed E-state index contributed by atoms with van der Waals surface area (Å²) in [5.74, 6) is 0.589. The van der Waals surface area contributed by atoms with E-state index in [9.17, 15) is 13.2 Å². The van der Waals surface area contributed by atoms with Crippen molar-refractivity contribution in [3.05, 3.63) is 54.2 Å². The third kappa shape index (κ3) is 4.63. The fraction of sp³-hybridized carbons (Fsp3) is 0.400. The number of piperidine rings is 1. The number of aryl methyl sites for hydroxylation is 1. The minimum Gasteiger partial charge on any atom is -0.493 e. The minimum absolute atomic E-state index is 0.164. The van der Waals surface area contributed by atoms with Crippen molar-refractivity contribution in [2.24, 2.45) is 5.92 Å². The molecule has 4 rings (SSSR count). The number of nitrogens with zero attached hydrogens (tertiary/aromatic N) is 2. The molecule has 1 N–H and O–H groups in total. The molecule has 2 heterocycles. The number of nitrogens with one attached hydrogen (secondary N) is 1. The predicted molar refractivity (Wildman–Crippen MR) is 130 cm³/mol. The first-order valence-electron chi connectivity index (χ1n) is 11.5. The van der Waals surface area contributed by atoms with Gasteiger partial charge in [-0.25, -0.2) is 8.42 Å². The molecule has 1 saturated heterocycles. The van der Waals surface area contributed by atoms with Crippen molar-refractivity contribution in [3.8, 4) is 11.5 Å². The Hall–Kier alpha value is -3.04. The van der Waals surface area contributed by atoms with E-state index in [1.807, 2.05) is 37.4 Å². The van der Waals surface area contributed by atoms with Crippen LogP contribution in [0, 0.1) is 5.92 Å². The summed E-state index contributed by atoms with van der Waals surface area (Å²) in [5.41, 5.74) is 1.80. The molecule has 182 valence electrons. The number of carbonyl (C=O) groups is 1. The Labute approximate surface area is 200 Å². The Kier molecular flexibility index (Phi) is 7.13. The molecule has 8 nitrogen and oxygen atoms in total. The van der Waals surface area contributed by atoms with Crippen LogP contribution < -0.4 is 14.8 Å². The van der Waals surface area contributed by atoms with Crippen LogP contribution >= 0.6 is 0 Å². The standard InChI is InChI=1S/C25H31N3O5S/c1-4-27-14-12-18-15-21(10-11-22(18)27)34(30,31)28-13-6-8-20(17-28)25(29)26-16-19-7-5-9-23(32-2)24(19)33-3/h5,7,9-12,14-15,20H,4,6,8,13,16-17H2,1-3H3,(H,26,29)/t20-/m1/s1. The van der Waals surface area contributed by atoms with E-state index in [1.165, 1.54) is 4.31 Å². The molecule has 0 unspecified atom stereocenters. The first-order chi connectivity index (χ1) is 16.4. The van der Waals surface area contributed by atoms with E-state index >= 15 is 0 Å². The van der Waals surface area contributed by atoms with Crippen LogP contribution in [-0.2, 0) is 27.9 Å². The fourth-order valence-electron chi connectivity index (χ4n) is 4.56. The van der Waals surface area contributed by atoms with Gasteiger partial charge >= 0.3 is 0 Å². The van der Waals surface area contributed by atoms with Gasteiger partial charge in [-0.2, -0.15) is 4.31 Å². The Bertz CT molecular complexity index is 1280. The number of carbonyl (C=O) groups excluding carboxylic acids is 1. The van der Waals surface area contributed by atoms with Gasteiger partial charge in [-0.15, -0.1) is 0 Å². The lowest BCUT2D eigenvalue weighted by molar-refractivity contribution is -0.126. The zero-order chi connectivity index (χ0) is 24.3. The topological polar surface area (TPSA) is 89.9 Å². The second-order valence-corrected chi connectivity index (χ2v) is 10.3. The van der Waals surface area contributed by atoms with Crippen molar-refractivity contribution < 1.29 is 22.7 Å². The van der Waals surface area contributed by atoms with Crippen molar-refractivity contribution >= 4 is 26.8 Å². The molecule has 0 bridgehead atoms. The van der Waals surface area contributed by atoms with Crippen molar-refractivity contribution in [1.29, 1.82) is 0 Å². The highest BCUT2D eigenvalue weighted by atomic mass is 32.2. The molecule has 0 spiro atoms. The molecule has 0 radical (unpaired) electrons. The molecule has 1 aliphatic rings. The normalized spacial score (nSPS) is 17.0. The smallest absolute Gasteiger partial charge is 0.243 e. The largest absolute Gasteiger partial charge is 0.493 e. The lowest BCUT2D eigenvalue weighted by Gasteiger charge is -2.31. The zero-order valence-corrected chi connectivity index (χ0v) is 20.6. The van der Waals surface area contributed by atoms with Gasteiger partial charge in [0.15, 0.2) is 11.5 Å². The third-order valence-corrected chi connectivity index (χ3v) is 8.27. The monoisotopic (exact) mass is 485 g/mol. The first-order valence-corrected chi connectivity index (χ1v) is 12.9. The highest BCUT2D eigenvalue weighted by Crippen LogP contribution is 2.31. The summed E-state index contributed by atoms with van der Waals surface area (Å²) in [6, 6.07) is 12.6. The molecule has 2 aromatic carbocycles. The van der Waals surface area contributed by atoms with E-state index in [0.717, 1.165) is 23.0 Å². The van der Waals surface area contributed by atoms with Gasteiger partial charge in [0.1, 0.15) is 0 Å². The van der Waals surface area contributed by atoms with Gasteiger partial charge in [0.05, 0.1) is 25.0 Å². The summed E-state index contributed by atoms with van der Waals surface area (Å²) in [5, 5.41) is 3.83. The molecular formula is C25H31N3O5S. The average molecular weight is 486 g/mol. The number of hydrogen-bond donors (Lipinski definition) is 1. The summed E-state index contributed by atoms with van der Waals surface area (Å²) >= 11 is 0. The molecule has 1 fully saturated rings. The van der Waals surface area contributed by atoms with Gasteiger partial charge in [-0.1, -0.05) is 12.1 Å². The van der Waals surface area contributed by atoms with E-state index < -0.39 is 15.9 Å². The highest BCUT2D eigenvalue weighted by Gasteiger charge is 2.33. The molecule has 34 heavy (non-hydrogen) atoms. The minimum atomic E-state index is -3.70. The van der Waals surface area contributed by atoms with E-state index in [-0.39, 0.29) is 23.9 Å². The number of sulfonamides is 1. The van der Waals surface area contributed by atoms with Gasteiger partial charge in [0, 0.05) is 48.8 Å². The van der Waals surface area contributed by atoms with Gasteiger partial charge in [0.25, 0.3) is 0 Å². The first kappa shape index (κ1) is 24.1. The maximum atomic E-state index is 13.4. The number of methoxy groups -OCH3 is 2. The summed E-state index contributed by atoms with van der Waals surface area (Å²) in [7, 11) is -0.576. The number of hydrogen-bond acceptors (Lipinski definition) is 5. The SMILES string of the molecule is CCn1ccc2cc(S(=O)(=O)N3CCC[C@@H](C(=O)NCc4cccc(OC)c4OC)C3)ccc21. The van der Waals surface area contributed by atoms with Crippen LogP contribution in [0.25, 0.3) is 10.9 Å². The molecule has 9 heteroatoms. The second-order valence-electron chi connectivity index (χ2n) is 8.40. The molecule has 1 aliphatic heterocycles. The van der Waals surface area contributed by atoms with Gasteiger partial charge in [-0.05, 0) is 50.1 Å². The Morgan fingerprint density at radius 2 is 1.97 bits per heavy atom. The molecule has 3 aromatic rings. The van der Waals surface area contributed by atoms with Crippen LogP contribution in [0.1, 0.15) is 25.3 Å². The predicted octanol–water partition coefficient (Wildman–Crippen LogP) is 3.40. The number of amides is 1. The van der Waals surface area contributed by atoms with Crippen molar-refractivity contribution in [3.63, 3.8) is 0 Å². The maximum Gasteiger partial charge on any atom is 0.243 e. The summed E-state index contributed by atoms with van der Waals surface area (Å²) in [4.78, 5) is 13.2. The highest BCUT2D eigenvalue weighted by molar-refractivity contribution is 7.89. The Morgan fingerprint density at radius 1 is 1.15 bits per heavy atom. The molecule has 1 aromatic heterocycles. The van der Waals surface area contributed by atoms with E-state index in [2.05, 4.69) is 9.88 Å². The van der Waals surface area contributed by atoms with E-state index in [0.29, 0.717) is 30.9 Å². The Balaban J connectivity index is 1.46.